The highest BCUT2D eigenvalue weighted by atomic mass is 19.4. The Bertz CT molecular complexity index is 831. The van der Waals surface area contributed by atoms with Gasteiger partial charge in [0.25, 0.3) is 0 Å². The molecule has 148 valence electrons. The molecule has 0 saturated carbocycles. The minimum absolute atomic E-state index is 0.0340. The number of pyridine rings is 1. The number of aromatic nitrogens is 3. The van der Waals surface area contributed by atoms with Crippen LogP contribution >= 0.6 is 0 Å². The van der Waals surface area contributed by atoms with Crippen LogP contribution in [0.3, 0.4) is 0 Å². The smallest absolute Gasteiger partial charge is 0.394 e. The molecule has 2 aromatic rings. The topological polar surface area (TPSA) is 77.2 Å². The number of aromatic carboxylic acids is 1. The maximum absolute atomic E-state index is 12.6. The first-order valence-electron chi connectivity index (χ1n) is 8.59. The van der Waals surface area contributed by atoms with Crippen molar-refractivity contribution in [2.24, 2.45) is 5.92 Å². The van der Waals surface area contributed by atoms with Gasteiger partial charge in [-0.3, -0.25) is 4.68 Å². The van der Waals surface area contributed by atoms with Crippen LogP contribution in [-0.2, 0) is 13.0 Å². The summed E-state index contributed by atoms with van der Waals surface area (Å²) in [5, 5.41) is 13.4. The second-order valence-corrected chi connectivity index (χ2v) is 6.23. The second-order valence-electron chi connectivity index (χ2n) is 6.23. The molecule has 2 heterocycles. The van der Waals surface area contributed by atoms with Gasteiger partial charge in [0.05, 0.1) is 11.6 Å². The highest BCUT2D eigenvalue weighted by molar-refractivity contribution is 5.89. The summed E-state index contributed by atoms with van der Waals surface area (Å²) < 4.78 is 44.7. The SMILES string of the molecule is CCc1cc(OCC(C)C(F)(F)F)ncc1-c1c(C)c(C(=O)O)nn1CC. The number of carboxylic acid groups (broad SMARTS) is 1. The monoisotopic (exact) mass is 385 g/mol. The number of hydrogen-bond acceptors (Lipinski definition) is 4. The van der Waals surface area contributed by atoms with Crippen LogP contribution in [0.4, 0.5) is 13.2 Å². The molecule has 0 bridgehead atoms. The van der Waals surface area contributed by atoms with Gasteiger partial charge in [0.2, 0.25) is 5.88 Å². The van der Waals surface area contributed by atoms with Gasteiger partial charge < -0.3 is 9.84 Å². The van der Waals surface area contributed by atoms with E-state index in [1.807, 2.05) is 13.8 Å². The summed E-state index contributed by atoms with van der Waals surface area (Å²) in [5.41, 5.74) is 2.59. The molecule has 0 saturated heterocycles. The molecule has 6 nitrogen and oxygen atoms in total. The van der Waals surface area contributed by atoms with E-state index < -0.39 is 24.7 Å². The van der Waals surface area contributed by atoms with Gasteiger partial charge in [0.1, 0.15) is 6.61 Å². The Morgan fingerprint density at radius 2 is 2.04 bits per heavy atom. The fourth-order valence-electron chi connectivity index (χ4n) is 2.69. The minimum Gasteiger partial charge on any atom is -0.477 e. The summed E-state index contributed by atoms with van der Waals surface area (Å²) in [5.74, 6) is -2.62. The van der Waals surface area contributed by atoms with E-state index in [-0.39, 0.29) is 11.6 Å². The van der Waals surface area contributed by atoms with Gasteiger partial charge in [-0.1, -0.05) is 13.8 Å². The van der Waals surface area contributed by atoms with Crippen LogP contribution in [-0.4, -0.2) is 38.6 Å². The molecule has 0 aliphatic heterocycles. The highest BCUT2D eigenvalue weighted by Gasteiger charge is 2.36. The summed E-state index contributed by atoms with van der Waals surface area (Å²) >= 11 is 0. The van der Waals surface area contributed by atoms with Crippen LogP contribution in [0, 0.1) is 12.8 Å². The Labute approximate surface area is 155 Å². The lowest BCUT2D eigenvalue weighted by Crippen LogP contribution is -2.26. The molecule has 0 spiro atoms. The Hall–Kier alpha value is -2.58. The zero-order chi connectivity index (χ0) is 20.4. The van der Waals surface area contributed by atoms with E-state index in [0.717, 1.165) is 12.5 Å². The predicted octanol–water partition coefficient (Wildman–Crippen LogP) is 4.11. The van der Waals surface area contributed by atoms with Gasteiger partial charge in [-0.2, -0.15) is 18.3 Å². The fraction of sp³-hybridized carbons (Fsp3) is 0.500. The average molecular weight is 385 g/mol. The zero-order valence-electron chi connectivity index (χ0n) is 15.6. The zero-order valence-corrected chi connectivity index (χ0v) is 15.6. The number of alkyl halides is 3. The molecule has 0 aromatic carbocycles. The number of aryl methyl sites for hydroxylation is 2. The van der Waals surface area contributed by atoms with E-state index in [4.69, 9.17) is 4.74 Å². The number of rotatable bonds is 7. The van der Waals surface area contributed by atoms with Crippen LogP contribution in [0.1, 0.15) is 42.4 Å². The summed E-state index contributed by atoms with van der Waals surface area (Å²) in [6.07, 6.45) is -2.26. The summed E-state index contributed by atoms with van der Waals surface area (Å²) in [4.78, 5) is 15.5. The molecule has 0 radical (unpaired) electrons. The van der Waals surface area contributed by atoms with Gasteiger partial charge >= 0.3 is 12.1 Å². The molecule has 1 N–H and O–H groups in total. The summed E-state index contributed by atoms with van der Waals surface area (Å²) in [7, 11) is 0. The normalized spacial score (nSPS) is 12.9. The third-order valence-electron chi connectivity index (χ3n) is 4.33. The Morgan fingerprint density at radius 3 is 2.56 bits per heavy atom. The lowest BCUT2D eigenvalue weighted by molar-refractivity contribution is -0.176. The van der Waals surface area contributed by atoms with Gasteiger partial charge in [-0.15, -0.1) is 0 Å². The van der Waals surface area contributed by atoms with Gasteiger partial charge in [-0.25, -0.2) is 9.78 Å². The average Bonchev–Trinajstić information content (AvgIpc) is 2.95. The van der Waals surface area contributed by atoms with Crippen molar-refractivity contribution < 1.29 is 27.8 Å². The lowest BCUT2D eigenvalue weighted by atomic mass is 10.0. The van der Waals surface area contributed by atoms with E-state index in [1.165, 1.54) is 6.20 Å². The second kappa shape index (κ2) is 7.98. The largest absolute Gasteiger partial charge is 0.477 e. The molecule has 0 aliphatic rings. The number of nitrogens with zero attached hydrogens (tertiary/aromatic N) is 3. The number of carboxylic acids is 1. The van der Waals surface area contributed by atoms with Crippen molar-refractivity contribution in [1.82, 2.24) is 14.8 Å². The van der Waals surface area contributed by atoms with E-state index in [0.29, 0.717) is 29.8 Å². The Balaban J connectivity index is 2.39. The molecular formula is C18H22F3N3O3. The first kappa shape index (κ1) is 20.7. The maximum atomic E-state index is 12.6. The first-order chi connectivity index (χ1) is 12.6. The van der Waals surface area contributed by atoms with Crippen molar-refractivity contribution in [2.75, 3.05) is 6.61 Å². The first-order valence-corrected chi connectivity index (χ1v) is 8.59. The van der Waals surface area contributed by atoms with Gasteiger partial charge in [0.15, 0.2) is 5.69 Å². The van der Waals surface area contributed by atoms with E-state index in [1.54, 1.807) is 17.7 Å². The lowest BCUT2D eigenvalue weighted by Gasteiger charge is -2.17. The van der Waals surface area contributed by atoms with Crippen molar-refractivity contribution in [3.8, 4) is 17.1 Å². The van der Waals surface area contributed by atoms with Crippen molar-refractivity contribution >= 4 is 5.97 Å². The van der Waals surface area contributed by atoms with Crippen LogP contribution in [0.25, 0.3) is 11.3 Å². The molecule has 1 unspecified atom stereocenters. The molecule has 2 rings (SSSR count). The predicted molar refractivity (Wildman–Crippen MR) is 92.9 cm³/mol. The number of ether oxygens (including phenoxy) is 1. The van der Waals surface area contributed by atoms with Crippen LogP contribution in [0.15, 0.2) is 12.3 Å². The molecule has 0 amide bonds. The van der Waals surface area contributed by atoms with Crippen LogP contribution in [0.5, 0.6) is 5.88 Å². The molecule has 2 aromatic heterocycles. The molecule has 0 fully saturated rings. The van der Waals surface area contributed by atoms with Crippen LogP contribution in [0.2, 0.25) is 0 Å². The number of carbonyl (C=O) groups is 1. The fourth-order valence-corrected chi connectivity index (χ4v) is 2.69. The summed E-state index contributed by atoms with van der Waals surface area (Å²) in [6, 6.07) is 1.59. The van der Waals surface area contributed by atoms with Crippen molar-refractivity contribution in [3.05, 3.63) is 29.1 Å². The molecular weight excluding hydrogens is 363 g/mol. The van der Waals surface area contributed by atoms with Gasteiger partial charge in [-0.05, 0) is 25.8 Å². The summed E-state index contributed by atoms with van der Waals surface area (Å²) in [6.45, 7) is 6.40. The standard InChI is InChI=1S/C18H22F3N3O3/c1-5-12-7-14(27-9-10(3)18(19,20)21)22-8-13(12)16-11(4)15(17(25)26)23-24(16)6-2/h7-8,10H,5-6,9H2,1-4H3,(H,25,26). The Kier molecular flexibility index (Phi) is 6.12. The number of halogens is 3. The number of hydrogen-bond donors (Lipinski definition) is 1. The highest BCUT2D eigenvalue weighted by Crippen LogP contribution is 2.31. The third kappa shape index (κ3) is 4.40. The van der Waals surface area contributed by atoms with E-state index in [9.17, 15) is 23.1 Å². The minimum atomic E-state index is -4.33. The molecule has 0 aliphatic carbocycles. The van der Waals surface area contributed by atoms with Crippen molar-refractivity contribution in [3.63, 3.8) is 0 Å². The molecule has 9 heteroatoms. The van der Waals surface area contributed by atoms with E-state index in [2.05, 4.69) is 10.1 Å². The van der Waals surface area contributed by atoms with E-state index >= 15 is 0 Å². The Morgan fingerprint density at radius 1 is 1.37 bits per heavy atom. The molecule has 1 atom stereocenters. The molecule has 27 heavy (non-hydrogen) atoms. The quantitative estimate of drug-likeness (QED) is 0.776. The van der Waals surface area contributed by atoms with Crippen molar-refractivity contribution in [2.45, 2.75) is 46.8 Å². The third-order valence-corrected chi connectivity index (χ3v) is 4.33. The maximum Gasteiger partial charge on any atom is 0.394 e. The van der Waals surface area contributed by atoms with Crippen LogP contribution < -0.4 is 4.74 Å². The van der Waals surface area contributed by atoms with Crippen molar-refractivity contribution in [1.29, 1.82) is 0 Å². The van der Waals surface area contributed by atoms with Gasteiger partial charge in [0, 0.05) is 29.9 Å².